The Balaban J connectivity index is 1.69. The van der Waals surface area contributed by atoms with Gasteiger partial charge in [-0.05, 0) is 52.4 Å². The Hall–Kier alpha value is -1.43. The van der Waals surface area contributed by atoms with Crippen LogP contribution in [0.15, 0.2) is 11.8 Å². The molecule has 1 saturated carbocycles. The number of nitrogens with one attached hydrogen (secondary N) is 3. The van der Waals surface area contributed by atoms with Crippen molar-refractivity contribution in [1.29, 1.82) is 0 Å². The number of rotatable bonds is 12. The highest BCUT2D eigenvalue weighted by atomic mass is 16.7. The van der Waals surface area contributed by atoms with Gasteiger partial charge in [-0.2, -0.15) is 0 Å². The van der Waals surface area contributed by atoms with Gasteiger partial charge in [-0.25, -0.2) is 0 Å². The van der Waals surface area contributed by atoms with Gasteiger partial charge in [-0.1, -0.05) is 0 Å². The van der Waals surface area contributed by atoms with Crippen molar-refractivity contribution >= 4 is 6.41 Å². The van der Waals surface area contributed by atoms with Gasteiger partial charge in [0.05, 0.1) is 31.3 Å². The van der Waals surface area contributed by atoms with Gasteiger partial charge in [0, 0.05) is 6.04 Å². The molecule has 1 aliphatic carbocycles. The summed E-state index contributed by atoms with van der Waals surface area (Å²) >= 11 is 0. The lowest BCUT2D eigenvalue weighted by atomic mass is 9.83. The van der Waals surface area contributed by atoms with Crippen LogP contribution in [0.4, 0.5) is 0 Å². The molecule has 2 heterocycles. The molecular weight excluding hydrogens is 488 g/mol. The molecule has 0 aromatic carbocycles. The number of ether oxygens (including phenoxy) is 4. The van der Waals surface area contributed by atoms with Gasteiger partial charge in [0.2, 0.25) is 12.7 Å². The van der Waals surface area contributed by atoms with Crippen LogP contribution in [0.1, 0.15) is 26.2 Å². The highest BCUT2D eigenvalue weighted by Crippen LogP contribution is 2.31. The van der Waals surface area contributed by atoms with Crippen LogP contribution >= 0.6 is 0 Å². The van der Waals surface area contributed by atoms with Gasteiger partial charge in [0.25, 0.3) is 0 Å². The van der Waals surface area contributed by atoms with Crippen molar-refractivity contribution in [2.75, 3.05) is 33.3 Å². The minimum atomic E-state index is -1.34. The quantitative estimate of drug-likeness (QED) is 0.0861. The number of aliphatic hydroxyl groups is 3. The zero-order chi connectivity index (χ0) is 27.2. The summed E-state index contributed by atoms with van der Waals surface area (Å²) < 4.78 is 23.6. The second-order valence-electron chi connectivity index (χ2n) is 10.2. The average Bonchev–Trinajstić information content (AvgIpc) is 2.85. The van der Waals surface area contributed by atoms with Crippen LogP contribution in [0.25, 0.3) is 0 Å². The molecule has 0 aromatic rings. The molecule has 0 unspecified atom stereocenters. The summed E-state index contributed by atoms with van der Waals surface area (Å²) in [5.74, 6) is 0.666. The summed E-state index contributed by atoms with van der Waals surface area (Å²) in [4.78, 5) is 11.3. The van der Waals surface area contributed by atoms with Crippen molar-refractivity contribution in [3.05, 3.63) is 11.8 Å². The van der Waals surface area contributed by atoms with Crippen LogP contribution in [-0.4, -0.2) is 122 Å². The fourth-order valence-electron chi connectivity index (χ4n) is 5.07. The van der Waals surface area contributed by atoms with Crippen molar-refractivity contribution in [3.8, 4) is 0 Å². The Morgan fingerprint density at radius 1 is 1.19 bits per heavy atom. The molecule has 1 amide bonds. The van der Waals surface area contributed by atoms with E-state index in [1.807, 2.05) is 6.08 Å². The molecule has 1 saturated heterocycles. The zero-order valence-electron chi connectivity index (χ0n) is 21.5. The fraction of sp³-hybridized carbons (Fsp3) is 0.870. The molecule has 2 aliphatic heterocycles. The molecular formula is C23H44N6O8. The third-order valence-corrected chi connectivity index (χ3v) is 7.12. The van der Waals surface area contributed by atoms with E-state index >= 15 is 0 Å². The molecule has 3 rings (SSSR count). The number of likely N-dealkylation sites (N-methyl/N-ethyl adjacent to an activating group) is 1. The molecule has 37 heavy (non-hydrogen) atoms. The van der Waals surface area contributed by atoms with Gasteiger partial charge in [0.1, 0.15) is 35.8 Å². The number of nitrogens with two attached hydrogens (primary N) is 3. The third kappa shape index (κ3) is 7.36. The lowest BCUT2D eigenvalue weighted by Gasteiger charge is -2.48. The standard InChI is InChI=1S/C23H44N6O8/c1-23(33)10-34-22(17(32)20(23)27-2)37-19-15(29-11-30)8-14(26)18(16(19)31)36-21-13(25)5-4-12(35-21)9-28-7-3-6-24/h4,11,13-22,27-28,31-33H,3,5-10,24-26H2,1-2H3,(H,29,30)/t13-,14+,15-,16+,17-,18-,19+,20-,21-,22-,23+/m1/s1. The molecule has 214 valence electrons. The maximum absolute atomic E-state index is 11.3. The second-order valence-corrected chi connectivity index (χ2v) is 10.2. The van der Waals surface area contributed by atoms with Crippen molar-refractivity contribution in [1.82, 2.24) is 16.0 Å². The van der Waals surface area contributed by atoms with E-state index in [1.165, 1.54) is 6.92 Å². The van der Waals surface area contributed by atoms with Crippen LogP contribution in [0.3, 0.4) is 0 Å². The first-order chi connectivity index (χ1) is 17.6. The van der Waals surface area contributed by atoms with Gasteiger partial charge < -0.3 is 67.4 Å². The highest BCUT2D eigenvalue weighted by molar-refractivity contribution is 5.47. The number of hydrogen-bond donors (Lipinski definition) is 9. The Bertz CT molecular complexity index is 761. The Labute approximate surface area is 217 Å². The summed E-state index contributed by atoms with van der Waals surface area (Å²) in [5, 5.41) is 41.3. The predicted octanol–water partition coefficient (Wildman–Crippen LogP) is -4.08. The minimum Gasteiger partial charge on any atom is -0.467 e. The summed E-state index contributed by atoms with van der Waals surface area (Å²) in [6, 6.07) is -2.60. The number of carbonyl (C=O) groups excluding carboxylic acids is 1. The smallest absolute Gasteiger partial charge is 0.215 e. The van der Waals surface area contributed by atoms with Crippen molar-refractivity contribution in [2.24, 2.45) is 17.2 Å². The van der Waals surface area contributed by atoms with Crippen LogP contribution < -0.4 is 33.2 Å². The summed E-state index contributed by atoms with van der Waals surface area (Å²) in [6.45, 7) is 3.22. The van der Waals surface area contributed by atoms with E-state index in [2.05, 4.69) is 16.0 Å². The third-order valence-electron chi connectivity index (χ3n) is 7.12. The molecule has 12 N–H and O–H groups in total. The lowest BCUT2D eigenvalue weighted by Crippen LogP contribution is -2.69. The summed E-state index contributed by atoms with van der Waals surface area (Å²) in [6.07, 6.45) is -2.67. The maximum Gasteiger partial charge on any atom is 0.215 e. The van der Waals surface area contributed by atoms with E-state index in [0.717, 1.165) is 13.0 Å². The minimum absolute atomic E-state index is 0.118. The molecule has 14 heteroatoms. The topological polar surface area (TPSA) is 229 Å². The van der Waals surface area contributed by atoms with E-state index in [1.54, 1.807) is 7.05 Å². The predicted molar refractivity (Wildman–Crippen MR) is 133 cm³/mol. The first-order valence-electron chi connectivity index (χ1n) is 12.8. The highest BCUT2D eigenvalue weighted by Gasteiger charge is 2.51. The Morgan fingerprint density at radius 2 is 1.92 bits per heavy atom. The number of carbonyl (C=O) groups is 1. The first-order valence-corrected chi connectivity index (χ1v) is 12.8. The SMILES string of the molecule is CN[C@@H]1[C@@H](O)[C@@H](O[C@@H]2[C@@H](O)[C@H](O[C@H]3OC(CNCCCN)=CC[C@H]3N)[C@@H](N)C[C@H]2NC=O)OC[C@]1(C)O. The summed E-state index contributed by atoms with van der Waals surface area (Å²) in [5.41, 5.74) is 16.8. The largest absolute Gasteiger partial charge is 0.467 e. The molecule has 11 atom stereocenters. The molecule has 14 nitrogen and oxygen atoms in total. The van der Waals surface area contributed by atoms with E-state index in [4.69, 9.17) is 36.1 Å². The van der Waals surface area contributed by atoms with Crippen molar-refractivity contribution in [3.63, 3.8) is 0 Å². The fourth-order valence-corrected chi connectivity index (χ4v) is 5.07. The van der Waals surface area contributed by atoms with Gasteiger partial charge in [-0.3, -0.25) is 4.79 Å². The number of hydrogen-bond acceptors (Lipinski definition) is 13. The van der Waals surface area contributed by atoms with Crippen molar-refractivity contribution in [2.45, 2.75) is 93.0 Å². The Kier molecular flexibility index (Phi) is 11.0. The van der Waals surface area contributed by atoms with Crippen LogP contribution in [0.2, 0.25) is 0 Å². The molecule has 0 bridgehead atoms. The van der Waals surface area contributed by atoms with Gasteiger partial charge >= 0.3 is 0 Å². The normalized spacial score (nSPS) is 42.5. The lowest BCUT2D eigenvalue weighted by molar-refractivity contribution is -0.304. The van der Waals surface area contributed by atoms with E-state index < -0.39 is 66.8 Å². The van der Waals surface area contributed by atoms with E-state index in [9.17, 15) is 20.1 Å². The second kappa shape index (κ2) is 13.6. The summed E-state index contributed by atoms with van der Waals surface area (Å²) in [7, 11) is 1.60. The molecule has 3 aliphatic rings. The average molecular weight is 533 g/mol. The number of aliphatic hydroxyl groups excluding tert-OH is 2. The number of amides is 1. The van der Waals surface area contributed by atoms with Crippen LogP contribution in [0, 0.1) is 0 Å². The van der Waals surface area contributed by atoms with Crippen LogP contribution in [-0.2, 0) is 23.7 Å². The van der Waals surface area contributed by atoms with E-state index in [-0.39, 0.29) is 13.0 Å². The first kappa shape index (κ1) is 30.1. The van der Waals surface area contributed by atoms with Gasteiger partial charge in [0.15, 0.2) is 6.29 Å². The van der Waals surface area contributed by atoms with E-state index in [0.29, 0.717) is 31.7 Å². The van der Waals surface area contributed by atoms with Gasteiger partial charge in [-0.15, -0.1) is 0 Å². The van der Waals surface area contributed by atoms with Crippen molar-refractivity contribution < 1.29 is 39.1 Å². The molecule has 0 radical (unpaired) electrons. The molecule has 0 spiro atoms. The zero-order valence-corrected chi connectivity index (χ0v) is 21.5. The monoisotopic (exact) mass is 532 g/mol. The Morgan fingerprint density at radius 3 is 2.59 bits per heavy atom. The van der Waals surface area contributed by atoms with Crippen LogP contribution in [0.5, 0.6) is 0 Å². The molecule has 0 aromatic heterocycles. The maximum atomic E-state index is 11.3. The molecule has 2 fully saturated rings.